The Balaban J connectivity index is 1.48. The second-order valence-corrected chi connectivity index (χ2v) is 18.8. The van der Waals surface area contributed by atoms with Crippen molar-refractivity contribution in [3.8, 4) is 6.07 Å². The lowest BCUT2D eigenvalue weighted by atomic mass is 9.50. The lowest BCUT2D eigenvalue weighted by Gasteiger charge is -2.57. The molecule has 0 radical (unpaired) electrons. The molecule has 1 aromatic carbocycles. The van der Waals surface area contributed by atoms with Gasteiger partial charge in [-0.1, -0.05) is 40.6 Å². The van der Waals surface area contributed by atoms with E-state index in [-0.39, 0.29) is 11.3 Å². The lowest BCUT2D eigenvalue weighted by molar-refractivity contribution is -0.208. The van der Waals surface area contributed by atoms with Gasteiger partial charge in [0.25, 0.3) is 0 Å². The van der Waals surface area contributed by atoms with Gasteiger partial charge < -0.3 is 19.0 Å². The Morgan fingerprint density at radius 3 is 2.43 bits per heavy atom. The molecule has 1 heterocycles. The van der Waals surface area contributed by atoms with Crippen LogP contribution in [0.2, 0.25) is 19.6 Å². The first-order valence-corrected chi connectivity index (χ1v) is 18.2. The number of hydrogen-bond acceptors (Lipinski definition) is 5. The maximum atomic E-state index is 12.2. The number of nitrogens with zero attached hydrogens (tertiary/aromatic N) is 1. The van der Waals surface area contributed by atoms with E-state index in [2.05, 4.69) is 72.8 Å². The fraction of sp³-hybridized carbons (Fsp3) is 0.700. The highest BCUT2D eigenvalue weighted by Gasteiger charge is 2.66. The highest BCUT2D eigenvalue weighted by molar-refractivity contribution is 9.10. The van der Waals surface area contributed by atoms with Crippen molar-refractivity contribution in [2.45, 2.75) is 101 Å². The minimum atomic E-state index is -1.96. The zero-order chi connectivity index (χ0) is 26.3. The van der Waals surface area contributed by atoms with Crippen molar-refractivity contribution in [3.63, 3.8) is 0 Å². The fourth-order valence-electron chi connectivity index (χ4n) is 8.89. The average Bonchev–Trinajstić information content (AvgIpc) is 3.39. The number of ether oxygens (including phenoxy) is 2. The summed E-state index contributed by atoms with van der Waals surface area (Å²) in [6, 6.07) is 11.5. The van der Waals surface area contributed by atoms with Gasteiger partial charge in [0.15, 0.2) is 14.1 Å². The SMILES string of the molecule is C[C@]12C[C@H](c3ccc(Br)cc3)C3=C4CCC5(C[C@]4(O)CC[C@H]3[C@@H]1CC[C@@]2(C#N)O[Si](C)(C)C)OCCO5. The van der Waals surface area contributed by atoms with E-state index in [1.165, 1.54) is 16.7 Å². The molecule has 37 heavy (non-hydrogen) atoms. The Morgan fingerprint density at radius 2 is 1.78 bits per heavy atom. The number of halogens is 1. The van der Waals surface area contributed by atoms with Gasteiger partial charge in [-0.15, -0.1) is 0 Å². The van der Waals surface area contributed by atoms with Crippen LogP contribution in [0.3, 0.4) is 0 Å². The zero-order valence-electron chi connectivity index (χ0n) is 22.6. The summed E-state index contributed by atoms with van der Waals surface area (Å²) >= 11 is 3.62. The van der Waals surface area contributed by atoms with Gasteiger partial charge in [0.1, 0.15) is 5.60 Å². The van der Waals surface area contributed by atoms with Gasteiger partial charge in [0, 0.05) is 28.6 Å². The van der Waals surface area contributed by atoms with Crippen molar-refractivity contribution in [2.24, 2.45) is 17.3 Å². The van der Waals surface area contributed by atoms with Crippen LogP contribution in [0, 0.1) is 28.6 Å². The van der Waals surface area contributed by atoms with Crippen molar-refractivity contribution in [1.29, 1.82) is 5.26 Å². The van der Waals surface area contributed by atoms with E-state index < -0.39 is 25.3 Å². The monoisotopic (exact) mass is 585 g/mol. The third kappa shape index (κ3) is 4.05. The van der Waals surface area contributed by atoms with Crippen LogP contribution in [0.25, 0.3) is 0 Å². The standard InChI is InChI=1S/C30H40BrNO4Si/c1-27-17-23(20-5-7-21(31)8-6-20)26-22(24(27)10-13-29(27,19-32)36-37(2,3)4)9-12-28(33)18-30(14-11-25(26)28)34-15-16-35-30/h5-8,22-24,33H,9-18H2,1-4H3/t22-,23+,24-,27-,28+,29-/m0/s1. The predicted octanol–water partition coefficient (Wildman–Crippen LogP) is 6.83. The molecule has 0 aromatic heterocycles. The number of fused-ring (bicyclic) bond motifs is 4. The first kappa shape index (κ1) is 26.2. The molecule has 200 valence electrons. The predicted molar refractivity (Wildman–Crippen MR) is 148 cm³/mol. The molecule has 1 spiro atoms. The van der Waals surface area contributed by atoms with Crippen LogP contribution in [0.5, 0.6) is 0 Å². The van der Waals surface area contributed by atoms with Crippen molar-refractivity contribution in [1.82, 2.24) is 0 Å². The smallest absolute Gasteiger partial charge is 0.185 e. The Kier molecular flexibility index (Phi) is 6.20. The molecular formula is C30H40BrNO4Si. The third-order valence-corrected chi connectivity index (χ3v) is 11.8. The largest absolute Gasteiger partial charge is 0.399 e. The van der Waals surface area contributed by atoms with Gasteiger partial charge in [-0.25, -0.2) is 0 Å². The molecule has 1 aromatic rings. The molecule has 1 saturated heterocycles. The normalized spacial score (nSPS) is 40.7. The topological polar surface area (TPSA) is 71.7 Å². The summed E-state index contributed by atoms with van der Waals surface area (Å²) in [5.74, 6) is 0.285. The average molecular weight is 587 g/mol. The van der Waals surface area contributed by atoms with Gasteiger partial charge in [0.05, 0.1) is 24.9 Å². The number of nitriles is 1. The first-order chi connectivity index (χ1) is 17.4. The summed E-state index contributed by atoms with van der Waals surface area (Å²) in [6.45, 7) is 10.2. The van der Waals surface area contributed by atoms with Crippen LogP contribution < -0.4 is 0 Å². The van der Waals surface area contributed by atoms with E-state index >= 15 is 0 Å². The summed E-state index contributed by atoms with van der Waals surface area (Å²) in [6.07, 6.45) is 6.51. The second-order valence-electron chi connectivity index (χ2n) is 13.4. The Bertz CT molecular complexity index is 1150. The van der Waals surface area contributed by atoms with Gasteiger partial charge in [-0.3, -0.25) is 0 Å². The first-order valence-electron chi connectivity index (χ1n) is 14.0. The fourth-order valence-corrected chi connectivity index (χ4v) is 10.6. The van der Waals surface area contributed by atoms with Gasteiger partial charge in [-0.05, 0) is 93.3 Å². The van der Waals surface area contributed by atoms with Gasteiger partial charge >= 0.3 is 0 Å². The molecule has 3 saturated carbocycles. The van der Waals surface area contributed by atoms with Crippen LogP contribution >= 0.6 is 15.9 Å². The third-order valence-electron chi connectivity index (χ3n) is 10.3. The minimum absolute atomic E-state index is 0.164. The quantitative estimate of drug-likeness (QED) is 0.311. The molecule has 1 N–H and O–H groups in total. The lowest BCUT2D eigenvalue weighted by Crippen LogP contribution is -2.57. The highest BCUT2D eigenvalue weighted by atomic mass is 79.9. The van der Waals surface area contributed by atoms with Crippen LogP contribution in [-0.2, 0) is 13.9 Å². The van der Waals surface area contributed by atoms with Crippen LogP contribution in [-0.4, -0.2) is 43.6 Å². The molecule has 4 fully saturated rings. The number of benzene rings is 1. The van der Waals surface area contributed by atoms with E-state index in [4.69, 9.17) is 13.9 Å². The molecular weight excluding hydrogens is 546 g/mol. The summed E-state index contributed by atoms with van der Waals surface area (Å²) in [5, 5.41) is 22.9. The van der Waals surface area contributed by atoms with Gasteiger partial charge in [0.2, 0.25) is 0 Å². The summed E-state index contributed by atoms with van der Waals surface area (Å²) < 4.78 is 20.1. The maximum absolute atomic E-state index is 12.2. The molecule has 0 bridgehead atoms. The molecule has 6 atom stereocenters. The summed E-state index contributed by atoms with van der Waals surface area (Å²) in [4.78, 5) is 0. The van der Waals surface area contributed by atoms with Crippen molar-refractivity contribution in [3.05, 3.63) is 45.4 Å². The Morgan fingerprint density at radius 1 is 1.08 bits per heavy atom. The Hall–Kier alpha value is -1.01. The van der Waals surface area contributed by atoms with Crippen LogP contribution in [0.1, 0.15) is 69.8 Å². The summed E-state index contributed by atoms with van der Waals surface area (Å²) in [5.41, 5.74) is 2.10. The molecule has 1 aliphatic heterocycles. The molecule has 5 nitrogen and oxygen atoms in total. The highest BCUT2D eigenvalue weighted by Crippen LogP contribution is 2.68. The number of aliphatic hydroxyl groups is 1. The number of rotatable bonds is 3. The van der Waals surface area contributed by atoms with Crippen molar-refractivity contribution >= 4 is 24.2 Å². The van der Waals surface area contributed by atoms with Crippen LogP contribution in [0.4, 0.5) is 0 Å². The summed E-state index contributed by atoms with van der Waals surface area (Å²) in [7, 11) is -1.96. The maximum Gasteiger partial charge on any atom is 0.185 e. The molecule has 0 amide bonds. The minimum Gasteiger partial charge on any atom is -0.399 e. The van der Waals surface area contributed by atoms with Crippen LogP contribution in [0.15, 0.2) is 39.9 Å². The van der Waals surface area contributed by atoms with Crippen molar-refractivity contribution < 1.29 is 19.0 Å². The molecule has 7 heteroatoms. The van der Waals surface area contributed by atoms with E-state index in [0.717, 1.165) is 49.4 Å². The zero-order valence-corrected chi connectivity index (χ0v) is 25.2. The molecule has 0 unspecified atom stereocenters. The molecule has 6 rings (SSSR count). The molecule has 4 aliphatic carbocycles. The van der Waals surface area contributed by atoms with E-state index in [0.29, 0.717) is 31.5 Å². The van der Waals surface area contributed by atoms with Gasteiger partial charge in [-0.2, -0.15) is 5.26 Å². The van der Waals surface area contributed by atoms with E-state index in [1.54, 1.807) is 0 Å². The van der Waals surface area contributed by atoms with E-state index in [9.17, 15) is 10.4 Å². The Labute approximate surface area is 230 Å². The second kappa shape index (κ2) is 8.74. The van der Waals surface area contributed by atoms with E-state index in [1.807, 2.05) is 0 Å². The number of allylic oxidation sites excluding steroid dienone is 1. The molecule has 5 aliphatic rings. The number of hydrogen-bond donors (Lipinski definition) is 1. The van der Waals surface area contributed by atoms with Crippen molar-refractivity contribution in [2.75, 3.05) is 13.2 Å².